The maximum Gasteiger partial charge on any atom is 0.243 e. The Kier molecular flexibility index (Phi) is 10.5. The molecule has 0 aliphatic carbocycles. The van der Waals surface area contributed by atoms with Gasteiger partial charge < -0.3 is 19.7 Å². The third kappa shape index (κ3) is 8.94. The molecule has 0 spiro atoms. The number of benzene rings is 3. The molecule has 0 unspecified atom stereocenters. The summed E-state index contributed by atoms with van der Waals surface area (Å²) in [5, 5.41) is 2.96. The molecule has 3 aromatic carbocycles. The van der Waals surface area contributed by atoms with Gasteiger partial charge in [0.25, 0.3) is 0 Å². The normalized spacial score (nSPS) is 11.6. The molecule has 37 heavy (non-hydrogen) atoms. The van der Waals surface area contributed by atoms with E-state index in [9.17, 15) is 14.0 Å². The molecule has 0 aliphatic heterocycles. The van der Waals surface area contributed by atoms with Gasteiger partial charge in [0.05, 0.1) is 13.7 Å². The van der Waals surface area contributed by atoms with Gasteiger partial charge in [0.1, 0.15) is 23.4 Å². The fourth-order valence-corrected chi connectivity index (χ4v) is 3.95. The van der Waals surface area contributed by atoms with E-state index in [2.05, 4.69) is 5.32 Å². The van der Waals surface area contributed by atoms with Crippen molar-refractivity contribution in [3.63, 3.8) is 0 Å². The largest absolute Gasteiger partial charge is 0.497 e. The van der Waals surface area contributed by atoms with E-state index in [0.717, 1.165) is 16.9 Å². The van der Waals surface area contributed by atoms with E-state index in [-0.39, 0.29) is 36.6 Å². The number of hydrogen-bond donors (Lipinski definition) is 1. The summed E-state index contributed by atoms with van der Waals surface area (Å²) >= 11 is 0. The lowest BCUT2D eigenvalue weighted by Gasteiger charge is -2.32. The highest BCUT2D eigenvalue weighted by Gasteiger charge is 2.30. The number of halogens is 1. The maximum absolute atomic E-state index is 13.5. The first kappa shape index (κ1) is 27.7. The van der Waals surface area contributed by atoms with Gasteiger partial charge in [-0.2, -0.15) is 0 Å². The molecule has 3 rings (SSSR count). The Balaban J connectivity index is 1.75. The van der Waals surface area contributed by atoms with Gasteiger partial charge in [-0.15, -0.1) is 0 Å². The SMILES string of the molecule is COc1ccc(OCCCC(=O)N(Cc2ccc(F)cc2)[C@H](Cc2ccccc2)C(=O)NC(C)C)cc1. The van der Waals surface area contributed by atoms with Crippen LogP contribution >= 0.6 is 0 Å². The van der Waals surface area contributed by atoms with Crippen molar-refractivity contribution >= 4 is 11.8 Å². The summed E-state index contributed by atoms with van der Waals surface area (Å²) in [6, 6.07) is 22.1. The average molecular weight is 507 g/mol. The summed E-state index contributed by atoms with van der Waals surface area (Å²) < 4.78 is 24.5. The Labute approximate surface area is 218 Å². The Hall–Kier alpha value is -3.87. The van der Waals surface area contributed by atoms with E-state index >= 15 is 0 Å². The van der Waals surface area contributed by atoms with Crippen LogP contribution in [0.3, 0.4) is 0 Å². The molecule has 1 atom stereocenters. The Morgan fingerprint density at radius 1 is 0.892 bits per heavy atom. The van der Waals surface area contributed by atoms with Gasteiger partial charge in [-0.25, -0.2) is 4.39 Å². The van der Waals surface area contributed by atoms with E-state index in [1.165, 1.54) is 12.1 Å². The van der Waals surface area contributed by atoms with Crippen molar-refractivity contribution < 1.29 is 23.5 Å². The highest BCUT2D eigenvalue weighted by molar-refractivity contribution is 5.88. The quantitative estimate of drug-likeness (QED) is 0.325. The Morgan fingerprint density at radius 2 is 1.54 bits per heavy atom. The van der Waals surface area contributed by atoms with Gasteiger partial charge in [-0.3, -0.25) is 9.59 Å². The lowest BCUT2D eigenvalue weighted by atomic mass is 10.0. The summed E-state index contributed by atoms with van der Waals surface area (Å²) in [4.78, 5) is 28.4. The first-order chi connectivity index (χ1) is 17.9. The fraction of sp³-hybridized carbons (Fsp3) is 0.333. The van der Waals surface area contributed by atoms with Crippen molar-refractivity contribution in [2.45, 2.75) is 51.7 Å². The van der Waals surface area contributed by atoms with E-state index in [1.807, 2.05) is 68.4 Å². The average Bonchev–Trinajstić information content (AvgIpc) is 2.90. The molecule has 0 aliphatic rings. The molecule has 3 aromatic rings. The molecule has 0 radical (unpaired) electrons. The van der Waals surface area contributed by atoms with Crippen LogP contribution in [0.1, 0.15) is 37.8 Å². The van der Waals surface area contributed by atoms with Crippen LogP contribution in [0.25, 0.3) is 0 Å². The minimum Gasteiger partial charge on any atom is -0.497 e. The van der Waals surface area contributed by atoms with Crippen LogP contribution in [-0.2, 0) is 22.6 Å². The van der Waals surface area contributed by atoms with Crippen LogP contribution in [0.2, 0.25) is 0 Å². The van der Waals surface area contributed by atoms with Crippen LogP contribution in [0.15, 0.2) is 78.9 Å². The lowest BCUT2D eigenvalue weighted by Crippen LogP contribution is -2.51. The molecule has 1 N–H and O–H groups in total. The summed E-state index contributed by atoms with van der Waals surface area (Å²) in [7, 11) is 1.60. The Morgan fingerprint density at radius 3 is 2.16 bits per heavy atom. The van der Waals surface area contributed by atoms with Crippen molar-refractivity contribution in [1.29, 1.82) is 0 Å². The van der Waals surface area contributed by atoms with Crippen LogP contribution in [0.4, 0.5) is 4.39 Å². The molecule has 0 bridgehead atoms. The van der Waals surface area contributed by atoms with Gasteiger partial charge in [-0.05, 0) is 67.8 Å². The zero-order chi connectivity index (χ0) is 26.6. The highest BCUT2D eigenvalue weighted by Crippen LogP contribution is 2.19. The van der Waals surface area contributed by atoms with Crippen molar-refractivity contribution in [3.8, 4) is 11.5 Å². The van der Waals surface area contributed by atoms with Gasteiger partial charge in [0.15, 0.2) is 0 Å². The number of amides is 2. The topological polar surface area (TPSA) is 67.9 Å². The van der Waals surface area contributed by atoms with Crippen molar-refractivity contribution in [3.05, 3.63) is 95.8 Å². The minimum atomic E-state index is -0.718. The molecule has 0 heterocycles. The standard InChI is InChI=1S/C30H35FN2O4/c1-22(2)32-30(35)28(20-23-8-5-4-6-9-23)33(21-24-11-13-25(31)14-12-24)29(34)10-7-19-37-27-17-15-26(36-3)16-18-27/h4-6,8-9,11-18,22,28H,7,10,19-21H2,1-3H3,(H,32,35)/t28-/m1/s1. The van der Waals surface area contributed by atoms with Crippen LogP contribution in [0.5, 0.6) is 11.5 Å². The van der Waals surface area contributed by atoms with E-state index in [1.54, 1.807) is 24.1 Å². The number of carbonyl (C=O) groups is 2. The van der Waals surface area contributed by atoms with Crippen LogP contribution in [0, 0.1) is 5.82 Å². The predicted molar refractivity (Wildman–Crippen MR) is 142 cm³/mol. The first-order valence-corrected chi connectivity index (χ1v) is 12.5. The third-order valence-corrected chi connectivity index (χ3v) is 5.83. The summed E-state index contributed by atoms with van der Waals surface area (Å²) in [6.07, 6.45) is 1.06. The van der Waals surface area contributed by atoms with Gasteiger partial charge in [0, 0.05) is 25.4 Å². The zero-order valence-electron chi connectivity index (χ0n) is 21.7. The minimum absolute atomic E-state index is 0.0774. The molecular formula is C30H35FN2O4. The number of nitrogens with one attached hydrogen (secondary N) is 1. The molecule has 0 fully saturated rings. The second-order valence-corrected chi connectivity index (χ2v) is 9.14. The monoisotopic (exact) mass is 506 g/mol. The highest BCUT2D eigenvalue weighted by atomic mass is 19.1. The summed E-state index contributed by atoms with van der Waals surface area (Å²) in [6.45, 7) is 4.33. The van der Waals surface area contributed by atoms with E-state index < -0.39 is 6.04 Å². The molecule has 0 saturated carbocycles. The second-order valence-electron chi connectivity index (χ2n) is 9.14. The smallest absolute Gasteiger partial charge is 0.243 e. The second kappa shape index (κ2) is 14.0. The number of rotatable bonds is 13. The molecule has 0 aromatic heterocycles. The van der Waals surface area contributed by atoms with Crippen LogP contribution in [-0.4, -0.2) is 42.5 Å². The van der Waals surface area contributed by atoms with Gasteiger partial charge in [0.2, 0.25) is 11.8 Å². The van der Waals surface area contributed by atoms with Crippen molar-refractivity contribution in [2.24, 2.45) is 0 Å². The summed E-state index contributed by atoms with van der Waals surface area (Å²) in [5.41, 5.74) is 1.70. The number of methoxy groups -OCH3 is 1. The first-order valence-electron chi connectivity index (χ1n) is 12.5. The predicted octanol–water partition coefficient (Wildman–Crippen LogP) is 5.16. The van der Waals surface area contributed by atoms with Gasteiger partial charge >= 0.3 is 0 Å². The number of nitrogens with zero attached hydrogens (tertiary/aromatic N) is 1. The fourth-order valence-electron chi connectivity index (χ4n) is 3.95. The number of hydrogen-bond acceptors (Lipinski definition) is 4. The van der Waals surface area contributed by atoms with Gasteiger partial charge in [-0.1, -0.05) is 42.5 Å². The molecule has 0 saturated heterocycles. The third-order valence-electron chi connectivity index (χ3n) is 5.83. The molecule has 196 valence electrons. The molecule has 7 heteroatoms. The van der Waals surface area contributed by atoms with Crippen molar-refractivity contribution in [2.75, 3.05) is 13.7 Å². The molecular weight excluding hydrogens is 471 g/mol. The number of carbonyl (C=O) groups excluding carboxylic acids is 2. The lowest BCUT2D eigenvalue weighted by molar-refractivity contribution is -0.141. The van der Waals surface area contributed by atoms with Crippen LogP contribution < -0.4 is 14.8 Å². The zero-order valence-corrected chi connectivity index (χ0v) is 21.7. The molecule has 6 nitrogen and oxygen atoms in total. The number of ether oxygens (including phenoxy) is 2. The maximum atomic E-state index is 13.5. The van der Waals surface area contributed by atoms with Crippen molar-refractivity contribution in [1.82, 2.24) is 10.2 Å². The Bertz CT molecular complexity index is 1120. The van der Waals surface area contributed by atoms with E-state index in [4.69, 9.17) is 9.47 Å². The summed E-state index contributed by atoms with van der Waals surface area (Å²) in [5.74, 6) is 0.694. The molecule has 2 amide bonds. The van der Waals surface area contributed by atoms with E-state index in [0.29, 0.717) is 25.2 Å².